The molecule has 2 saturated carbocycles. The lowest BCUT2D eigenvalue weighted by molar-refractivity contribution is -0.129. The van der Waals surface area contributed by atoms with Gasteiger partial charge in [0.15, 0.2) is 0 Å². The summed E-state index contributed by atoms with van der Waals surface area (Å²) in [7, 11) is 0. The summed E-state index contributed by atoms with van der Waals surface area (Å²) in [5.41, 5.74) is 0.0594. The first-order chi connectivity index (χ1) is 7.69. The molecule has 2 rings (SSSR count). The van der Waals surface area contributed by atoms with E-state index in [2.05, 4.69) is 19.2 Å². The molecule has 2 aliphatic rings. The monoisotopic (exact) mass is 223 g/mol. The van der Waals surface area contributed by atoms with Crippen LogP contribution in [0.4, 0.5) is 0 Å². The maximum absolute atomic E-state index is 12.3. The first kappa shape index (κ1) is 11.9. The lowest BCUT2D eigenvalue weighted by atomic mass is 9.77. The minimum Gasteiger partial charge on any atom is -0.353 e. The first-order valence-corrected chi connectivity index (χ1v) is 7.00. The van der Waals surface area contributed by atoms with E-state index in [0.717, 1.165) is 19.3 Å². The van der Waals surface area contributed by atoms with Crippen LogP contribution in [0.2, 0.25) is 0 Å². The number of nitrogens with one attached hydrogen (secondary N) is 1. The van der Waals surface area contributed by atoms with Crippen molar-refractivity contribution in [3.63, 3.8) is 0 Å². The minimum atomic E-state index is 0.0594. The van der Waals surface area contributed by atoms with Gasteiger partial charge in [-0.15, -0.1) is 0 Å². The second-order valence-corrected chi connectivity index (χ2v) is 5.77. The lowest BCUT2D eigenvalue weighted by Crippen LogP contribution is -2.41. The number of rotatable bonds is 4. The summed E-state index contributed by atoms with van der Waals surface area (Å²) in [4.78, 5) is 12.3. The molecule has 0 aromatic heterocycles. The summed E-state index contributed by atoms with van der Waals surface area (Å²) in [6.07, 6.45) is 9.93. The zero-order chi connectivity index (χ0) is 11.6. The van der Waals surface area contributed by atoms with Gasteiger partial charge < -0.3 is 5.32 Å². The molecule has 0 aliphatic heterocycles. The Bertz CT molecular complexity index is 251. The Morgan fingerprint density at radius 2 is 1.94 bits per heavy atom. The third-order valence-corrected chi connectivity index (χ3v) is 4.62. The largest absolute Gasteiger partial charge is 0.353 e. The van der Waals surface area contributed by atoms with Crippen LogP contribution in [0.1, 0.15) is 65.2 Å². The van der Waals surface area contributed by atoms with E-state index in [1.165, 1.54) is 32.1 Å². The molecule has 92 valence electrons. The number of carbonyl (C=O) groups is 1. The van der Waals surface area contributed by atoms with Crippen molar-refractivity contribution in [1.82, 2.24) is 5.32 Å². The summed E-state index contributed by atoms with van der Waals surface area (Å²) in [6.45, 7) is 4.24. The molecule has 2 heteroatoms. The Hall–Kier alpha value is -0.530. The van der Waals surface area contributed by atoms with E-state index in [-0.39, 0.29) is 5.41 Å². The number of hydrogen-bond donors (Lipinski definition) is 1. The maximum atomic E-state index is 12.3. The van der Waals surface area contributed by atoms with Crippen molar-refractivity contribution >= 4 is 5.91 Å². The smallest absolute Gasteiger partial charge is 0.226 e. The summed E-state index contributed by atoms with van der Waals surface area (Å²) >= 11 is 0. The molecule has 2 nitrogen and oxygen atoms in total. The van der Waals surface area contributed by atoms with Crippen LogP contribution in [0.5, 0.6) is 0 Å². The van der Waals surface area contributed by atoms with Crippen molar-refractivity contribution in [1.29, 1.82) is 0 Å². The molecule has 2 fully saturated rings. The summed E-state index contributed by atoms with van der Waals surface area (Å²) in [5, 5.41) is 3.19. The second-order valence-electron chi connectivity index (χ2n) is 5.77. The Balaban J connectivity index is 1.93. The quantitative estimate of drug-likeness (QED) is 0.778. The normalized spacial score (nSPS) is 26.1. The molecule has 1 N–H and O–H groups in total. The number of carbonyl (C=O) groups excluding carboxylic acids is 1. The molecule has 0 aromatic rings. The van der Waals surface area contributed by atoms with Crippen molar-refractivity contribution in [3.05, 3.63) is 0 Å². The van der Waals surface area contributed by atoms with Gasteiger partial charge in [0, 0.05) is 6.04 Å². The molecule has 1 unspecified atom stereocenters. The average molecular weight is 223 g/mol. The van der Waals surface area contributed by atoms with Gasteiger partial charge in [0.25, 0.3) is 0 Å². The van der Waals surface area contributed by atoms with Crippen molar-refractivity contribution in [2.75, 3.05) is 0 Å². The van der Waals surface area contributed by atoms with Crippen molar-refractivity contribution in [3.8, 4) is 0 Å². The van der Waals surface area contributed by atoms with Gasteiger partial charge in [-0.3, -0.25) is 4.79 Å². The van der Waals surface area contributed by atoms with Gasteiger partial charge in [-0.25, -0.2) is 0 Å². The zero-order valence-electron chi connectivity index (χ0n) is 10.7. The molecule has 0 heterocycles. The fraction of sp³-hybridized carbons (Fsp3) is 0.929. The topological polar surface area (TPSA) is 29.1 Å². The Labute approximate surface area is 99.2 Å². The van der Waals surface area contributed by atoms with Crippen molar-refractivity contribution < 1.29 is 4.79 Å². The third-order valence-electron chi connectivity index (χ3n) is 4.62. The van der Waals surface area contributed by atoms with E-state index in [0.29, 0.717) is 17.9 Å². The standard InChI is InChI=1S/C14H25NO/c1-3-11(2)15-13(16)14(9-10-14)12-7-5-4-6-8-12/h11-12H,3-10H2,1-2H3,(H,15,16). The van der Waals surface area contributed by atoms with E-state index in [4.69, 9.17) is 0 Å². The molecular weight excluding hydrogens is 198 g/mol. The molecule has 0 saturated heterocycles. The van der Waals surface area contributed by atoms with Gasteiger partial charge in [-0.1, -0.05) is 26.2 Å². The Morgan fingerprint density at radius 3 is 2.44 bits per heavy atom. The van der Waals surface area contributed by atoms with Crippen molar-refractivity contribution in [2.24, 2.45) is 11.3 Å². The van der Waals surface area contributed by atoms with E-state index < -0.39 is 0 Å². The molecule has 0 bridgehead atoms. The van der Waals surface area contributed by atoms with Gasteiger partial charge in [0.2, 0.25) is 5.91 Å². The fourth-order valence-electron chi connectivity index (χ4n) is 3.08. The van der Waals surface area contributed by atoms with Gasteiger partial charge in [-0.2, -0.15) is 0 Å². The van der Waals surface area contributed by atoms with Gasteiger partial charge in [0.05, 0.1) is 5.41 Å². The average Bonchev–Trinajstić information content (AvgIpc) is 3.11. The fourth-order valence-corrected chi connectivity index (χ4v) is 3.08. The zero-order valence-corrected chi connectivity index (χ0v) is 10.7. The van der Waals surface area contributed by atoms with Crippen LogP contribution in [-0.2, 0) is 4.79 Å². The molecule has 0 spiro atoms. The highest BCUT2D eigenvalue weighted by atomic mass is 16.2. The highest BCUT2D eigenvalue weighted by Crippen LogP contribution is 2.56. The van der Waals surface area contributed by atoms with E-state index >= 15 is 0 Å². The highest BCUT2D eigenvalue weighted by molar-refractivity contribution is 5.85. The number of amides is 1. The van der Waals surface area contributed by atoms with Crippen LogP contribution in [0.25, 0.3) is 0 Å². The number of hydrogen-bond acceptors (Lipinski definition) is 1. The SMILES string of the molecule is CCC(C)NC(=O)C1(C2CCCCC2)CC1. The minimum absolute atomic E-state index is 0.0594. The molecular formula is C14H25NO. The van der Waals surface area contributed by atoms with Gasteiger partial charge >= 0.3 is 0 Å². The first-order valence-electron chi connectivity index (χ1n) is 7.00. The predicted octanol–water partition coefficient (Wildman–Crippen LogP) is 3.26. The Kier molecular flexibility index (Phi) is 3.56. The summed E-state index contributed by atoms with van der Waals surface area (Å²) in [6, 6.07) is 0.341. The second kappa shape index (κ2) is 4.77. The van der Waals surface area contributed by atoms with Crippen LogP contribution in [0.15, 0.2) is 0 Å². The van der Waals surface area contributed by atoms with Crippen molar-refractivity contribution in [2.45, 2.75) is 71.3 Å². The molecule has 16 heavy (non-hydrogen) atoms. The van der Waals surface area contributed by atoms with Gasteiger partial charge in [0.1, 0.15) is 0 Å². The highest BCUT2D eigenvalue weighted by Gasteiger charge is 2.55. The summed E-state index contributed by atoms with van der Waals surface area (Å²) < 4.78 is 0. The van der Waals surface area contributed by atoms with Crippen LogP contribution in [-0.4, -0.2) is 11.9 Å². The van der Waals surface area contributed by atoms with Crippen LogP contribution in [0.3, 0.4) is 0 Å². The predicted molar refractivity (Wildman–Crippen MR) is 66.1 cm³/mol. The Morgan fingerprint density at radius 1 is 1.31 bits per heavy atom. The molecule has 0 aromatic carbocycles. The molecule has 2 aliphatic carbocycles. The maximum Gasteiger partial charge on any atom is 0.226 e. The molecule has 1 amide bonds. The van der Waals surface area contributed by atoms with E-state index in [1.54, 1.807) is 0 Å². The summed E-state index contributed by atoms with van der Waals surface area (Å²) in [5.74, 6) is 1.04. The van der Waals surface area contributed by atoms with E-state index in [1.807, 2.05) is 0 Å². The van der Waals surface area contributed by atoms with Gasteiger partial charge in [-0.05, 0) is 44.9 Å². The van der Waals surface area contributed by atoms with Crippen LogP contribution in [0, 0.1) is 11.3 Å². The lowest BCUT2D eigenvalue weighted by Gasteiger charge is -2.30. The molecule has 0 radical (unpaired) electrons. The molecule has 1 atom stereocenters. The third kappa shape index (κ3) is 2.26. The van der Waals surface area contributed by atoms with Crippen LogP contribution >= 0.6 is 0 Å². The van der Waals surface area contributed by atoms with E-state index in [9.17, 15) is 4.79 Å². The van der Waals surface area contributed by atoms with Crippen LogP contribution < -0.4 is 5.32 Å².